The summed E-state index contributed by atoms with van der Waals surface area (Å²) in [5.74, 6) is 0.298. The Kier molecular flexibility index (Phi) is 9.11. The summed E-state index contributed by atoms with van der Waals surface area (Å²) < 4.78 is 2.02. The van der Waals surface area contributed by atoms with E-state index in [4.69, 9.17) is 5.73 Å². The Labute approximate surface area is 171 Å². The predicted octanol–water partition coefficient (Wildman–Crippen LogP) is 1.97. The number of hydrogen-bond donors (Lipinski definition) is 3. The summed E-state index contributed by atoms with van der Waals surface area (Å²) >= 11 is 0. The Balaban J connectivity index is 0.00000338. The van der Waals surface area contributed by atoms with Crippen molar-refractivity contribution in [2.24, 2.45) is 10.7 Å². The summed E-state index contributed by atoms with van der Waals surface area (Å²) in [4.78, 5) is 15.4. The number of hydrogen-bond acceptors (Lipinski definition) is 3. The molecule has 1 aromatic carbocycles. The zero-order valence-corrected chi connectivity index (χ0v) is 17.8. The molecule has 2 rings (SSSR count). The van der Waals surface area contributed by atoms with E-state index in [1.165, 1.54) is 5.69 Å². The molecular weight excluding hydrogens is 443 g/mol. The number of aromatic nitrogens is 2. The molecule has 0 aliphatic carbocycles. The van der Waals surface area contributed by atoms with E-state index in [-0.39, 0.29) is 24.0 Å². The number of carbonyl (C=O) groups excluding carboxylic acids is 1. The fourth-order valence-corrected chi connectivity index (χ4v) is 2.58. The summed E-state index contributed by atoms with van der Waals surface area (Å²) in [5, 5.41) is 11.0. The first-order chi connectivity index (χ1) is 12.0. The van der Waals surface area contributed by atoms with Crippen molar-refractivity contribution in [3.8, 4) is 0 Å². The molecule has 2 aromatic rings. The van der Waals surface area contributed by atoms with Crippen LogP contribution in [0, 0.1) is 13.8 Å². The van der Waals surface area contributed by atoms with Crippen LogP contribution in [0.1, 0.15) is 33.7 Å². The van der Waals surface area contributed by atoms with E-state index in [1.807, 2.05) is 23.7 Å². The van der Waals surface area contributed by atoms with Crippen molar-refractivity contribution in [2.45, 2.75) is 33.4 Å². The quantitative estimate of drug-likeness (QED) is 0.250. The second-order valence-corrected chi connectivity index (χ2v) is 5.92. The third kappa shape index (κ3) is 6.66. The molecule has 0 atom stereocenters. The van der Waals surface area contributed by atoms with Gasteiger partial charge in [0.2, 0.25) is 5.91 Å². The van der Waals surface area contributed by atoms with Crippen LogP contribution >= 0.6 is 24.0 Å². The monoisotopic (exact) mass is 470 g/mol. The highest BCUT2D eigenvalue weighted by molar-refractivity contribution is 14.0. The number of aryl methyl sites for hydroxylation is 3. The molecule has 1 heterocycles. The molecule has 0 spiro atoms. The number of nitrogens with zero attached hydrogens (tertiary/aromatic N) is 3. The molecule has 1 aromatic heterocycles. The predicted molar refractivity (Wildman–Crippen MR) is 115 cm³/mol. The molecule has 142 valence electrons. The topological polar surface area (TPSA) is 97.3 Å². The Morgan fingerprint density at radius 1 is 1.27 bits per heavy atom. The van der Waals surface area contributed by atoms with Gasteiger partial charge in [-0.2, -0.15) is 5.10 Å². The van der Waals surface area contributed by atoms with Gasteiger partial charge in [-0.15, -0.1) is 24.0 Å². The van der Waals surface area contributed by atoms with E-state index in [1.54, 1.807) is 19.2 Å². The zero-order valence-electron chi connectivity index (χ0n) is 15.5. The average molecular weight is 470 g/mol. The van der Waals surface area contributed by atoms with E-state index >= 15 is 0 Å². The molecule has 0 unspecified atom stereocenters. The summed E-state index contributed by atoms with van der Waals surface area (Å²) in [7, 11) is 1.73. The highest BCUT2D eigenvalue weighted by Gasteiger charge is 2.03. The van der Waals surface area contributed by atoms with Crippen LogP contribution in [0.15, 0.2) is 35.3 Å². The third-order valence-corrected chi connectivity index (χ3v) is 3.84. The van der Waals surface area contributed by atoms with E-state index in [2.05, 4.69) is 33.7 Å². The Morgan fingerprint density at radius 3 is 2.65 bits per heavy atom. The molecule has 0 aliphatic heterocycles. The van der Waals surface area contributed by atoms with E-state index < -0.39 is 5.91 Å². The van der Waals surface area contributed by atoms with Gasteiger partial charge in [-0.1, -0.05) is 12.1 Å². The molecule has 0 aliphatic rings. The molecule has 0 bridgehead atoms. The van der Waals surface area contributed by atoms with E-state index in [0.29, 0.717) is 12.1 Å². The molecule has 26 heavy (non-hydrogen) atoms. The lowest BCUT2D eigenvalue weighted by molar-refractivity contribution is 0.1000. The standard InChI is InChI=1S/C18H26N6O.HI/c1-13-10-14(2)24(23-13)9-5-8-21-18(20-3)22-12-15-6-4-7-16(11-15)17(19)25;/h4,6-7,10-11H,5,8-9,12H2,1-3H3,(H2,19,25)(H2,20,21,22);1H. The van der Waals surface area contributed by atoms with Gasteiger partial charge in [0.15, 0.2) is 5.96 Å². The number of benzene rings is 1. The van der Waals surface area contributed by atoms with Crippen LogP contribution in [0.4, 0.5) is 0 Å². The minimum atomic E-state index is -0.423. The normalized spacial score (nSPS) is 11.0. The maximum Gasteiger partial charge on any atom is 0.248 e. The first kappa shape index (κ1) is 21.9. The Hall–Kier alpha value is -2.10. The first-order valence-corrected chi connectivity index (χ1v) is 8.34. The van der Waals surface area contributed by atoms with Gasteiger partial charge in [0.1, 0.15) is 0 Å². The second kappa shape index (κ2) is 10.8. The van der Waals surface area contributed by atoms with Crippen molar-refractivity contribution in [2.75, 3.05) is 13.6 Å². The fraction of sp³-hybridized carbons (Fsp3) is 0.389. The van der Waals surface area contributed by atoms with Gasteiger partial charge in [0.05, 0.1) is 5.69 Å². The highest BCUT2D eigenvalue weighted by atomic mass is 127. The number of nitrogens with one attached hydrogen (secondary N) is 2. The SMILES string of the molecule is CN=C(NCCCn1nc(C)cc1C)NCc1cccc(C(N)=O)c1.I. The van der Waals surface area contributed by atoms with Gasteiger partial charge < -0.3 is 16.4 Å². The van der Waals surface area contributed by atoms with Crippen LogP contribution in [0.3, 0.4) is 0 Å². The third-order valence-electron chi connectivity index (χ3n) is 3.84. The number of amides is 1. The molecule has 0 fully saturated rings. The van der Waals surface area contributed by atoms with Gasteiger partial charge in [-0.05, 0) is 44.0 Å². The number of rotatable bonds is 7. The molecule has 4 N–H and O–H groups in total. The maximum atomic E-state index is 11.2. The lowest BCUT2D eigenvalue weighted by Gasteiger charge is -2.12. The maximum absolute atomic E-state index is 11.2. The minimum Gasteiger partial charge on any atom is -0.366 e. The Bertz CT molecular complexity index is 756. The number of carbonyl (C=O) groups is 1. The molecule has 0 saturated heterocycles. The summed E-state index contributed by atoms with van der Waals surface area (Å²) in [6.45, 7) is 6.29. The van der Waals surface area contributed by atoms with Gasteiger partial charge in [0.25, 0.3) is 0 Å². The highest BCUT2D eigenvalue weighted by Crippen LogP contribution is 2.04. The zero-order chi connectivity index (χ0) is 18.2. The van der Waals surface area contributed by atoms with Crippen molar-refractivity contribution in [3.63, 3.8) is 0 Å². The fourth-order valence-electron chi connectivity index (χ4n) is 2.58. The van der Waals surface area contributed by atoms with Crippen LogP contribution in [0.25, 0.3) is 0 Å². The van der Waals surface area contributed by atoms with Crippen LogP contribution < -0.4 is 16.4 Å². The van der Waals surface area contributed by atoms with Gasteiger partial charge in [0, 0.05) is 37.9 Å². The van der Waals surface area contributed by atoms with Crippen LogP contribution in [0.2, 0.25) is 0 Å². The van der Waals surface area contributed by atoms with Crippen LogP contribution in [-0.4, -0.2) is 35.2 Å². The van der Waals surface area contributed by atoms with Crippen LogP contribution in [0.5, 0.6) is 0 Å². The summed E-state index contributed by atoms with van der Waals surface area (Å²) in [6, 6.07) is 9.33. The molecule has 7 nitrogen and oxygen atoms in total. The Morgan fingerprint density at radius 2 is 2.04 bits per heavy atom. The van der Waals surface area contributed by atoms with Crippen LogP contribution in [-0.2, 0) is 13.1 Å². The van der Waals surface area contributed by atoms with E-state index in [0.717, 1.165) is 36.7 Å². The van der Waals surface area contributed by atoms with E-state index in [9.17, 15) is 4.79 Å². The van der Waals surface area contributed by atoms with Gasteiger partial charge >= 0.3 is 0 Å². The van der Waals surface area contributed by atoms with Crippen molar-refractivity contribution >= 4 is 35.8 Å². The average Bonchev–Trinajstić information content (AvgIpc) is 2.92. The van der Waals surface area contributed by atoms with Gasteiger partial charge in [-0.3, -0.25) is 14.5 Å². The molecular formula is C18H27IN6O. The second-order valence-electron chi connectivity index (χ2n) is 5.92. The molecule has 0 radical (unpaired) electrons. The lowest BCUT2D eigenvalue weighted by atomic mass is 10.1. The van der Waals surface area contributed by atoms with Crippen molar-refractivity contribution in [3.05, 3.63) is 52.8 Å². The number of primary amides is 1. The molecule has 1 amide bonds. The number of aliphatic imine (C=N–C) groups is 1. The van der Waals surface area contributed by atoms with Crippen molar-refractivity contribution in [1.29, 1.82) is 0 Å². The lowest BCUT2D eigenvalue weighted by Crippen LogP contribution is -2.37. The summed E-state index contributed by atoms with van der Waals surface area (Å²) in [5.41, 5.74) is 9.00. The summed E-state index contributed by atoms with van der Waals surface area (Å²) in [6.07, 6.45) is 0.944. The van der Waals surface area contributed by atoms with Crippen molar-refractivity contribution < 1.29 is 4.79 Å². The molecule has 8 heteroatoms. The largest absolute Gasteiger partial charge is 0.366 e. The number of guanidine groups is 1. The van der Waals surface area contributed by atoms with Gasteiger partial charge in [-0.25, -0.2) is 0 Å². The first-order valence-electron chi connectivity index (χ1n) is 8.34. The number of nitrogens with two attached hydrogens (primary N) is 1. The smallest absolute Gasteiger partial charge is 0.248 e. The van der Waals surface area contributed by atoms with Crippen molar-refractivity contribution in [1.82, 2.24) is 20.4 Å². The number of halogens is 1. The molecule has 0 saturated carbocycles. The minimum absolute atomic E-state index is 0.